The SMILES string of the molecule is COCc1cccc(COS(=O)(=O)C(F)(F)C(F)(F)C(F)(F)S(=O)(=O)O)c1O. The number of hydrogen-bond donors (Lipinski definition) is 2. The fourth-order valence-electron chi connectivity index (χ4n) is 1.74. The first-order valence-electron chi connectivity index (χ1n) is 6.72. The zero-order valence-corrected chi connectivity index (χ0v) is 15.2. The third-order valence-corrected chi connectivity index (χ3v) is 5.46. The lowest BCUT2D eigenvalue weighted by atomic mass is 10.1. The highest BCUT2D eigenvalue weighted by atomic mass is 32.2. The minimum absolute atomic E-state index is 0.0241. The Kier molecular flexibility index (Phi) is 6.68. The van der Waals surface area contributed by atoms with Crippen LogP contribution in [0.4, 0.5) is 26.3 Å². The maximum Gasteiger partial charge on any atom is 0.439 e. The molecule has 0 aliphatic heterocycles. The normalized spacial score (nSPS) is 14.3. The standard InChI is InChI=1S/C12H12F6O8S2/c1-25-5-7-3-2-4-8(9(7)19)6-26-28(23,24)12(17,18)10(13,14)11(15,16)27(20,21)22/h2-4,19H,5-6H2,1H3,(H,20,21,22). The Balaban J connectivity index is 3.24. The zero-order chi connectivity index (χ0) is 22.2. The van der Waals surface area contributed by atoms with Gasteiger partial charge in [-0.15, -0.1) is 0 Å². The van der Waals surface area contributed by atoms with Crippen LogP contribution in [-0.4, -0.2) is 50.0 Å². The molecule has 0 saturated carbocycles. The lowest BCUT2D eigenvalue weighted by Crippen LogP contribution is -2.60. The monoisotopic (exact) mass is 462 g/mol. The summed E-state index contributed by atoms with van der Waals surface area (Å²) >= 11 is 0. The summed E-state index contributed by atoms with van der Waals surface area (Å²) < 4.78 is 140. The molecule has 1 aromatic rings. The average Bonchev–Trinajstić information content (AvgIpc) is 2.54. The number of ether oxygens (including phenoxy) is 1. The number of methoxy groups -OCH3 is 1. The lowest BCUT2D eigenvalue weighted by Gasteiger charge is -2.29. The molecule has 0 spiro atoms. The van der Waals surface area contributed by atoms with Crippen molar-refractivity contribution in [3.8, 4) is 5.75 Å². The fourth-order valence-corrected chi connectivity index (χ4v) is 3.13. The van der Waals surface area contributed by atoms with E-state index in [0.717, 1.165) is 6.07 Å². The van der Waals surface area contributed by atoms with Crippen molar-refractivity contribution in [2.24, 2.45) is 0 Å². The number of para-hydroxylation sites is 1. The third kappa shape index (κ3) is 4.05. The molecule has 0 unspecified atom stereocenters. The molecule has 0 radical (unpaired) electrons. The highest BCUT2D eigenvalue weighted by Gasteiger charge is 2.82. The van der Waals surface area contributed by atoms with E-state index < -0.39 is 54.6 Å². The molecule has 1 rings (SSSR count). The molecule has 0 amide bonds. The zero-order valence-electron chi connectivity index (χ0n) is 13.6. The molecule has 16 heteroatoms. The van der Waals surface area contributed by atoms with Crippen LogP contribution in [0.25, 0.3) is 0 Å². The van der Waals surface area contributed by atoms with Gasteiger partial charge < -0.3 is 9.84 Å². The molecule has 0 saturated heterocycles. The van der Waals surface area contributed by atoms with Crippen LogP contribution in [0.2, 0.25) is 0 Å². The smallest absolute Gasteiger partial charge is 0.439 e. The highest BCUT2D eigenvalue weighted by molar-refractivity contribution is 7.88. The van der Waals surface area contributed by atoms with Crippen molar-refractivity contribution in [3.05, 3.63) is 29.3 Å². The van der Waals surface area contributed by atoms with Crippen LogP contribution >= 0.6 is 0 Å². The molecule has 28 heavy (non-hydrogen) atoms. The quantitative estimate of drug-likeness (QED) is 0.325. The van der Waals surface area contributed by atoms with Crippen LogP contribution in [-0.2, 0) is 42.4 Å². The predicted octanol–water partition coefficient (Wildman–Crippen LogP) is 2.09. The van der Waals surface area contributed by atoms with E-state index in [1.165, 1.54) is 19.2 Å². The summed E-state index contributed by atoms with van der Waals surface area (Å²) in [4.78, 5) is 0. The van der Waals surface area contributed by atoms with Gasteiger partial charge in [0.05, 0.1) is 13.2 Å². The molecule has 2 N–H and O–H groups in total. The van der Waals surface area contributed by atoms with Gasteiger partial charge in [0.1, 0.15) is 5.75 Å². The summed E-state index contributed by atoms with van der Waals surface area (Å²) in [6.45, 7) is -1.71. The van der Waals surface area contributed by atoms with E-state index in [1.54, 1.807) is 0 Å². The number of aromatic hydroxyl groups is 1. The summed E-state index contributed by atoms with van der Waals surface area (Å²) in [6.07, 6.45) is 0. The Labute approximate surface area is 154 Å². The van der Waals surface area contributed by atoms with Gasteiger partial charge in [-0.3, -0.25) is 8.74 Å². The Morgan fingerprint density at radius 2 is 1.39 bits per heavy atom. The van der Waals surface area contributed by atoms with Crippen molar-refractivity contribution in [1.82, 2.24) is 0 Å². The predicted molar refractivity (Wildman–Crippen MR) is 78.9 cm³/mol. The van der Waals surface area contributed by atoms with Gasteiger partial charge in [0, 0.05) is 18.2 Å². The minimum atomic E-state index is -7.13. The van der Waals surface area contributed by atoms with Crippen molar-refractivity contribution in [2.45, 2.75) is 29.6 Å². The summed E-state index contributed by atoms with van der Waals surface area (Å²) in [5.41, 5.74) is -0.491. The second kappa shape index (κ2) is 7.66. The van der Waals surface area contributed by atoms with Crippen LogP contribution in [0.3, 0.4) is 0 Å². The van der Waals surface area contributed by atoms with Gasteiger partial charge in [-0.05, 0) is 0 Å². The first kappa shape index (κ1) is 24.4. The molecule has 1 aromatic carbocycles. The van der Waals surface area contributed by atoms with E-state index in [9.17, 15) is 48.3 Å². The minimum Gasteiger partial charge on any atom is -0.507 e. The number of rotatable bonds is 9. The molecule has 8 nitrogen and oxygen atoms in total. The van der Waals surface area contributed by atoms with Gasteiger partial charge >= 0.3 is 36.7 Å². The van der Waals surface area contributed by atoms with E-state index in [-0.39, 0.29) is 12.2 Å². The van der Waals surface area contributed by atoms with E-state index in [0.29, 0.717) is 0 Å². The first-order chi connectivity index (χ1) is 12.4. The molecule has 0 aliphatic carbocycles. The lowest BCUT2D eigenvalue weighted by molar-refractivity contribution is -0.248. The summed E-state index contributed by atoms with van der Waals surface area (Å²) in [7, 11) is -12.8. The first-order valence-corrected chi connectivity index (χ1v) is 9.57. The van der Waals surface area contributed by atoms with Crippen LogP contribution in [0.5, 0.6) is 5.75 Å². The van der Waals surface area contributed by atoms with Crippen molar-refractivity contribution in [3.63, 3.8) is 0 Å². The van der Waals surface area contributed by atoms with Crippen molar-refractivity contribution in [2.75, 3.05) is 7.11 Å². The average molecular weight is 462 g/mol. The van der Waals surface area contributed by atoms with Crippen LogP contribution in [0, 0.1) is 0 Å². The van der Waals surface area contributed by atoms with Crippen LogP contribution < -0.4 is 0 Å². The maximum absolute atomic E-state index is 13.6. The fraction of sp³-hybridized carbons (Fsp3) is 0.500. The van der Waals surface area contributed by atoms with Gasteiger partial charge in [0.25, 0.3) is 0 Å². The van der Waals surface area contributed by atoms with Crippen molar-refractivity contribution in [1.29, 1.82) is 0 Å². The Hall–Kier alpha value is -1.62. The molecule has 0 aliphatic rings. The molecule has 162 valence electrons. The Morgan fingerprint density at radius 3 is 1.82 bits per heavy atom. The van der Waals surface area contributed by atoms with Gasteiger partial charge in [-0.2, -0.15) is 43.2 Å². The van der Waals surface area contributed by atoms with Crippen molar-refractivity contribution < 1.29 is 61.8 Å². The Morgan fingerprint density at radius 1 is 0.929 bits per heavy atom. The summed E-state index contributed by atoms with van der Waals surface area (Å²) in [5.74, 6) is -7.82. The highest BCUT2D eigenvalue weighted by Crippen LogP contribution is 2.51. The van der Waals surface area contributed by atoms with E-state index in [4.69, 9.17) is 4.55 Å². The van der Waals surface area contributed by atoms with Gasteiger partial charge in [0.15, 0.2) is 0 Å². The number of alkyl halides is 6. The molecule has 0 aromatic heterocycles. The van der Waals surface area contributed by atoms with Crippen LogP contribution in [0.1, 0.15) is 11.1 Å². The number of hydrogen-bond acceptors (Lipinski definition) is 7. The van der Waals surface area contributed by atoms with Gasteiger partial charge in [-0.25, -0.2) is 0 Å². The number of halogens is 6. The van der Waals surface area contributed by atoms with E-state index >= 15 is 0 Å². The molecule has 0 heterocycles. The molecular formula is C12H12F6O8S2. The number of benzene rings is 1. The molecule has 0 fully saturated rings. The van der Waals surface area contributed by atoms with E-state index in [2.05, 4.69) is 8.92 Å². The second-order valence-electron chi connectivity index (χ2n) is 5.16. The molecular weight excluding hydrogens is 450 g/mol. The molecule has 0 atom stereocenters. The van der Waals surface area contributed by atoms with Crippen LogP contribution in [0.15, 0.2) is 18.2 Å². The van der Waals surface area contributed by atoms with Crippen molar-refractivity contribution >= 4 is 20.2 Å². The molecule has 0 bridgehead atoms. The third-order valence-electron chi connectivity index (χ3n) is 3.24. The number of phenols is 1. The topological polar surface area (TPSA) is 127 Å². The maximum atomic E-state index is 13.6. The largest absolute Gasteiger partial charge is 0.507 e. The van der Waals surface area contributed by atoms with Gasteiger partial charge in [-0.1, -0.05) is 18.2 Å². The van der Waals surface area contributed by atoms with Gasteiger partial charge in [0.2, 0.25) is 0 Å². The number of phenolic OH excluding ortho intramolecular Hbond substituents is 1. The summed E-state index contributed by atoms with van der Waals surface area (Å²) in [5, 5.41) is -3.85. The summed E-state index contributed by atoms with van der Waals surface area (Å²) in [6, 6.07) is 3.39. The second-order valence-corrected chi connectivity index (χ2v) is 8.28. The van der Waals surface area contributed by atoms with E-state index in [1.807, 2.05) is 0 Å². The Bertz CT molecular complexity index is 929.